The van der Waals surface area contributed by atoms with Crippen LogP contribution in [-0.4, -0.2) is 18.9 Å². The Hall–Kier alpha value is -2.18. The van der Waals surface area contributed by atoms with Crippen molar-refractivity contribution in [2.24, 2.45) is 0 Å². The second-order valence-electron chi connectivity index (χ2n) is 5.11. The number of aryl methyl sites for hydroxylation is 2. The molecule has 0 bridgehead atoms. The third-order valence-electron chi connectivity index (χ3n) is 3.36. The molecule has 0 saturated heterocycles. The van der Waals surface area contributed by atoms with Gasteiger partial charge in [0.1, 0.15) is 0 Å². The van der Waals surface area contributed by atoms with Crippen LogP contribution in [-0.2, 0) is 17.8 Å². The quantitative estimate of drug-likeness (QED) is 0.827. The van der Waals surface area contributed by atoms with E-state index in [1.54, 1.807) is 25.3 Å². The molecule has 0 aliphatic rings. The Balaban J connectivity index is 1.98. The molecule has 2 aromatic rings. The minimum atomic E-state index is -0.361. The minimum Gasteiger partial charge on any atom is -0.380 e. The molecule has 0 fully saturated rings. The van der Waals surface area contributed by atoms with Gasteiger partial charge in [0.15, 0.2) is 0 Å². The summed E-state index contributed by atoms with van der Waals surface area (Å²) in [6, 6.07) is 8.91. The normalized spacial score (nSPS) is 10.4. The van der Waals surface area contributed by atoms with Gasteiger partial charge in [-0.15, -0.1) is 11.3 Å². The van der Waals surface area contributed by atoms with E-state index in [0.29, 0.717) is 17.0 Å². The molecular weight excluding hydrogens is 312 g/mol. The van der Waals surface area contributed by atoms with E-state index in [1.807, 2.05) is 19.1 Å². The number of hydrogen-bond acceptors (Lipinski definition) is 4. The molecule has 6 heteroatoms. The van der Waals surface area contributed by atoms with Crippen LogP contribution in [0.3, 0.4) is 0 Å². The van der Waals surface area contributed by atoms with E-state index in [4.69, 9.17) is 4.74 Å². The summed E-state index contributed by atoms with van der Waals surface area (Å²) in [6.07, 6.45) is 0.891. The number of amides is 2. The van der Waals surface area contributed by atoms with Gasteiger partial charge in [0.2, 0.25) is 0 Å². The Morgan fingerprint density at radius 2 is 1.91 bits per heavy atom. The highest BCUT2D eigenvalue weighted by molar-refractivity contribution is 7.14. The van der Waals surface area contributed by atoms with Crippen LogP contribution in [0.4, 0.5) is 0 Å². The Morgan fingerprint density at radius 1 is 1.17 bits per heavy atom. The zero-order valence-electron chi connectivity index (χ0n) is 13.4. The fraction of sp³-hybridized carbons (Fsp3) is 0.294. The maximum absolute atomic E-state index is 12.1. The first kappa shape index (κ1) is 17.2. The minimum absolute atomic E-state index is 0.306. The summed E-state index contributed by atoms with van der Waals surface area (Å²) < 4.78 is 5.04. The number of ether oxygens (including phenoxy) is 1. The first-order valence-electron chi connectivity index (χ1n) is 7.33. The van der Waals surface area contributed by atoms with Gasteiger partial charge in [-0.25, -0.2) is 0 Å². The lowest BCUT2D eigenvalue weighted by Crippen LogP contribution is -2.41. The first-order chi connectivity index (χ1) is 11.0. The molecule has 0 atom stereocenters. The van der Waals surface area contributed by atoms with E-state index in [-0.39, 0.29) is 11.8 Å². The van der Waals surface area contributed by atoms with Crippen molar-refractivity contribution in [1.29, 1.82) is 0 Å². The zero-order valence-corrected chi connectivity index (χ0v) is 14.3. The van der Waals surface area contributed by atoms with Gasteiger partial charge in [0.25, 0.3) is 11.8 Å². The zero-order chi connectivity index (χ0) is 16.8. The van der Waals surface area contributed by atoms with Gasteiger partial charge in [0.05, 0.1) is 11.5 Å². The number of methoxy groups -OCH3 is 1. The van der Waals surface area contributed by atoms with E-state index < -0.39 is 0 Å². The monoisotopic (exact) mass is 332 g/mol. The van der Waals surface area contributed by atoms with Crippen LogP contribution >= 0.6 is 11.3 Å². The lowest BCUT2D eigenvalue weighted by atomic mass is 10.1. The van der Waals surface area contributed by atoms with Gasteiger partial charge >= 0.3 is 0 Å². The number of thiophene rings is 1. The molecule has 2 rings (SSSR count). The number of hydrazine groups is 1. The highest BCUT2D eigenvalue weighted by Crippen LogP contribution is 2.22. The highest BCUT2D eigenvalue weighted by atomic mass is 32.1. The fourth-order valence-electron chi connectivity index (χ4n) is 2.20. The van der Waals surface area contributed by atoms with Crippen LogP contribution in [0.1, 0.15) is 43.0 Å². The molecule has 0 spiro atoms. The molecule has 0 radical (unpaired) electrons. The Bertz CT molecular complexity index is 710. The molecule has 5 nitrogen and oxygen atoms in total. The number of carbonyl (C=O) groups is 2. The maximum atomic E-state index is 12.1. The van der Waals surface area contributed by atoms with Gasteiger partial charge in [-0.2, -0.15) is 0 Å². The second-order valence-corrected chi connectivity index (χ2v) is 6.25. The van der Waals surface area contributed by atoms with Crippen LogP contribution in [0.2, 0.25) is 0 Å². The fourth-order valence-corrected chi connectivity index (χ4v) is 3.21. The van der Waals surface area contributed by atoms with E-state index in [2.05, 4.69) is 17.8 Å². The summed E-state index contributed by atoms with van der Waals surface area (Å²) in [6.45, 7) is 4.46. The molecule has 0 aliphatic heterocycles. The molecule has 0 aliphatic carbocycles. The first-order valence-corrected chi connectivity index (χ1v) is 8.14. The largest absolute Gasteiger partial charge is 0.380 e. The van der Waals surface area contributed by atoms with Crippen molar-refractivity contribution in [2.75, 3.05) is 7.11 Å². The molecule has 2 amide bonds. The molecule has 0 unspecified atom stereocenters. The molecule has 1 aromatic carbocycles. The van der Waals surface area contributed by atoms with Crippen LogP contribution in [0.25, 0.3) is 0 Å². The highest BCUT2D eigenvalue weighted by Gasteiger charge is 2.13. The van der Waals surface area contributed by atoms with Gasteiger partial charge in [-0.05, 0) is 42.7 Å². The number of benzene rings is 1. The van der Waals surface area contributed by atoms with Crippen LogP contribution < -0.4 is 10.9 Å². The van der Waals surface area contributed by atoms with Crippen LogP contribution in [0.15, 0.2) is 30.3 Å². The Kier molecular flexibility index (Phi) is 5.90. The molecular formula is C17H20N2O3S. The molecule has 122 valence electrons. The number of rotatable bonds is 5. The van der Waals surface area contributed by atoms with Crippen molar-refractivity contribution in [3.05, 3.63) is 56.8 Å². The average molecular weight is 332 g/mol. The smallest absolute Gasteiger partial charge is 0.279 e. The van der Waals surface area contributed by atoms with Crippen molar-refractivity contribution in [3.63, 3.8) is 0 Å². The standard InChI is InChI=1S/C17H20N2O3S/c1-4-14-11(2)8-15(23-14)17(21)19-18-16(20)13-7-5-6-12(9-13)10-22-3/h5-9H,4,10H2,1-3H3,(H,18,20)(H,19,21). The van der Waals surface area contributed by atoms with Crippen molar-refractivity contribution in [3.8, 4) is 0 Å². The van der Waals surface area contributed by atoms with Crippen molar-refractivity contribution in [2.45, 2.75) is 26.9 Å². The molecule has 1 heterocycles. The topological polar surface area (TPSA) is 67.4 Å². The van der Waals surface area contributed by atoms with Crippen LogP contribution in [0.5, 0.6) is 0 Å². The lowest BCUT2D eigenvalue weighted by Gasteiger charge is -2.07. The summed E-state index contributed by atoms with van der Waals surface area (Å²) in [5.41, 5.74) is 7.36. The van der Waals surface area contributed by atoms with Crippen LogP contribution in [0, 0.1) is 6.92 Å². The lowest BCUT2D eigenvalue weighted by molar-refractivity contribution is 0.0848. The molecule has 23 heavy (non-hydrogen) atoms. The summed E-state index contributed by atoms with van der Waals surface area (Å²) in [5, 5.41) is 0. The van der Waals surface area contributed by atoms with E-state index in [1.165, 1.54) is 16.2 Å². The predicted octanol–water partition coefficient (Wildman–Crippen LogP) is 2.84. The van der Waals surface area contributed by atoms with E-state index >= 15 is 0 Å². The van der Waals surface area contributed by atoms with Crippen molar-refractivity contribution < 1.29 is 14.3 Å². The van der Waals surface area contributed by atoms with Gasteiger partial charge in [-0.3, -0.25) is 20.4 Å². The predicted molar refractivity (Wildman–Crippen MR) is 90.5 cm³/mol. The van der Waals surface area contributed by atoms with Gasteiger partial charge in [0, 0.05) is 17.6 Å². The molecule has 1 aromatic heterocycles. The summed E-state index contributed by atoms with van der Waals surface area (Å²) in [7, 11) is 1.60. The molecule has 0 saturated carbocycles. The average Bonchev–Trinajstić information content (AvgIpc) is 2.94. The van der Waals surface area contributed by atoms with Gasteiger partial charge in [-0.1, -0.05) is 19.1 Å². The summed E-state index contributed by atoms with van der Waals surface area (Å²) in [4.78, 5) is 26.0. The Labute approximate surface area is 139 Å². The molecule has 2 N–H and O–H groups in total. The van der Waals surface area contributed by atoms with E-state index in [0.717, 1.165) is 17.5 Å². The van der Waals surface area contributed by atoms with Gasteiger partial charge < -0.3 is 4.74 Å². The van der Waals surface area contributed by atoms with Crippen molar-refractivity contribution >= 4 is 23.2 Å². The third-order valence-corrected chi connectivity index (χ3v) is 4.74. The third kappa shape index (κ3) is 4.40. The summed E-state index contributed by atoms with van der Waals surface area (Å²) >= 11 is 1.44. The number of nitrogens with one attached hydrogen (secondary N) is 2. The summed E-state index contributed by atoms with van der Waals surface area (Å²) in [5.74, 6) is -0.667. The number of carbonyl (C=O) groups excluding carboxylic acids is 2. The SMILES string of the molecule is CCc1sc(C(=O)NNC(=O)c2cccc(COC)c2)cc1C. The van der Waals surface area contributed by atoms with E-state index in [9.17, 15) is 9.59 Å². The Morgan fingerprint density at radius 3 is 2.57 bits per heavy atom. The maximum Gasteiger partial charge on any atom is 0.279 e. The number of hydrogen-bond donors (Lipinski definition) is 2. The second kappa shape index (κ2) is 7.89. The van der Waals surface area contributed by atoms with Crippen molar-refractivity contribution in [1.82, 2.24) is 10.9 Å².